The third kappa shape index (κ3) is 3.49. The Morgan fingerprint density at radius 2 is 2.05 bits per heavy atom. The Bertz CT molecular complexity index is 553. The van der Waals surface area contributed by atoms with Crippen LogP contribution >= 0.6 is 0 Å². The first-order chi connectivity index (χ1) is 9.74. The summed E-state index contributed by atoms with van der Waals surface area (Å²) in [5.41, 5.74) is 0.922. The van der Waals surface area contributed by atoms with Gasteiger partial charge in [0.2, 0.25) is 11.7 Å². The first-order valence-corrected chi connectivity index (χ1v) is 6.15. The third-order valence-electron chi connectivity index (χ3n) is 2.71. The molecule has 1 aromatic carbocycles. The van der Waals surface area contributed by atoms with Gasteiger partial charge in [-0.25, -0.2) is 0 Å². The predicted molar refractivity (Wildman–Crippen MR) is 70.2 cm³/mol. The summed E-state index contributed by atoms with van der Waals surface area (Å²) in [6, 6.07) is 9.57. The largest absolute Gasteiger partial charge is 0.377 e. The minimum Gasteiger partial charge on any atom is -0.377 e. The molecule has 1 aromatic heterocycles. The fourth-order valence-corrected chi connectivity index (χ4v) is 1.85. The molecule has 0 aliphatic heterocycles. The average molecular weight is 276 g/mol. The highest BCUT2D eigenvalue weighted by molar-refractivity contribution is 5.81. The molecule has 2 aromatic rings. The smallest absolute Gasteiger partial charge is 0.234 e. The molecule has 20 heavy (non-hydrogen) atoms. The molecule has 6 heteroatoms. The van der Waals surface area contributed by atoms with E-state index in [-0.39, 0.29) is 24.7 Å². The lowest BCUT2D eigenvalue weighted by atomic mass is 10.1. The van der Waals surface area contributed by atoms with Crippen LogP contribution in [0.2, 0.25) is 0 Å². The molecular formula is C14H16N2O4. The molecular weight excluding hydrogens is 260 g/mol. The summed E-state index contributed by atoms with van der Waals surface area (Å²) in [5, 5.41) is 3.87. The molecule has 0 saturated heterocycles. The normalized spacial score (nSPS) is 12.3. The zero-order valence-electron chi connectivity index (χ0n) is 11.4. The van der Waals surface area contributed by atoms with Crippen LogP contribution in [0.4, 0.5) is 0 Å². The zero-order valence-corrected chi connectivity index (χ0v) is 11.4. The van der Waals surface area contributed by atoms with E-state index >= 15 is 0 Å². The van der Waals surface area contributed by atoms with Crippen LogP contribution in [0, 0.1) is 0 Å². The van der Waals surface area contributed by atoms with E-state index in [4.69, 9.17) is 14.0 Å². The maximum absolute atomic E-state index is 11.4. The number of Topliss-reactive ketones (excluding diaryl/α,β-unsaturated/α-hetero) is 1. The van der Waals surface area contributed by atoms with Crippen molar-refractivity contribution >= 4 is 5.78 Å². The van der Waals surface area contributed by atoms with Crippen LogP contribution < -0.4 is 0 Å². The van der Waals surface area contributed by atoms with Gasteiger partial charge >= 0.3 is 0 Å². The van der Waals surface area contributed by atoms with E-state index in [0.717, 1.165) is 5.56 Å². The quantitative estimate of drug-likeness (QED) is 0.764. The maximum Gasteiger partial charge on any atom is 0.234 e. The molecule has 1 atom stereocenters. The van der Waals surface area contributed by atoms with Crippen LogP contribution in [-0.4, -0.2) is 36.8 Å². The number of nitrogens with zero attached hydrogens (tertiary/aromatic N) is 2. The fourth-order valence-electron chi connectivity index (χ4n) is 1.85. The second kappa shape index (κ2) is 6.93. The SMILES string of the molecule is COCC(=O)Cc1nc(C(OC)c2ccccc2)no1. The van der Waals surface area contributed by atoms with Crippen molar-refractivity contribution in [2.24, 2.45) is 0 Å². The Morgan fingerprint density at radius 3 is 2.70 bits per heavy atom. The minimum absolute atomic E-state index is 0.0319. The maximum atomic E-state index is 11.4. The molecule has 0 aliphatic carbocycles. The molecule has 0 amide bonds. The van der Waals surface area contributed by atoms with E-state index in [9.17, 15) is 4.79 Å². The molecule has 0 spiro atoms. The number of carbonyl (C=O) groups excluding carboxylic acids is 1. The summed E-state index contributed by atoms with van der Waals surface area (Å²) in [6.07, 6.45) is -0.349. The number of rotatable bonds is 7. The first kappa shape index (κ1) is 14.4. The van der Waals surface area contributed by atoms with Gasteiger partial charge in [0.25, 0.3) is 0 Å². The van der Waals surface area contributed by atoms with Gasteiger partial charge in [0, 0.05) is 14.2 Å². The molecule has 0 radical (unpaired) electrons. The van der Waals surface area contributed by atoms with Gasteiger partial charge in [-0.3, -0.25) is 4.79 Å². The van der Waals surface area contributed by atoms with Gasteiger partial charge in [0.1, 0.15) is 12.7 Å². The van der Waals surface area contributed by atoms with Gasteiger partial charge in [-0.05, 0) is 5.56 Å². The van der Waals surface area contributed by atoms with Crippen LogP contribution in [-0.2, 0) is 20.7 Å². The van der Waals surface area contributed by atoms with E-state index in [2.05, 4.69) is 10.1 Å². The number of hydrogen-bond donors (Lipinski definition) is 0. The first-order valence-electron chi connectivity index (χ1n) is 6.15. The van der Waals surface area contributed by atoms with E-state index in [1.54, 1.807) is 7.11 Å². The van der Waals surface area contributed by atoms with Crippen molar-refractivity contribution in [1.82, 2.24) is 10.1 Å². The number of methoxy groups -OCH3 is 2. The lowest BCUT2D eigenvalue weighted by Crippen LogP contribution is -2.10. The highest BCUT2D eigenvalue weighted by atomic mass is 16.5. The van der Waals surface area contributed by atoms with Crippen molar-refractivity contribution in [3.8, 4) is 0 Å². The Labute approximate surface area is 116 Å². The van der Waals surface area contributed by atoms with Gasteiger partial charge < -0.3 is 14.0 Å². The molecule has 106 valence electrons. The number of ketones is 1. The van der Waals surface area contributed by atoms with Crippen LogP contribution in [0.25, 0.3) is 0 Å². The predicted octanol–water partition coefficient (Wildman–Crippen LogP) is 1.56. The lowest BCUT2D eigenvalue weighted by Gasteiger charge is -2.10. The van der Waals surface area contributed by atoms with Gasteiger partial charge in [0.15, 0.2) is 5.78 Å². The molecule has 1 unspecified atom stereocenters. The molecule has 6 nitrogen and oxygen atoms in total. The summed E-state index contributed by atoms with van der Waals surface area (Å²) >= 11 is 0. The van der Waals surface area contributed by atoms with Crippen molar-refractivity contribution in [3.05, 3.63) is 47.6 Å². The summed E-state index contributed by atoms with van der Waals surface area (Å²) in [5.74, 6) is 0.551. The summed E-state index contributed by atoms with van der Waals surface area (Å²) in [6.45, 7) is 0.0319. The molecule has 2 rings (SSSR count). The lowest BCUT2D eigenvalue weighted by molar-refractivity contribution is -0.122. The highest BCUT2D eigenvalue weighted by Gasteiger charge is 2.20. The van der Waals surface area contributed by atoms with E-state index in [0.29, 0.717) is 5.82 Å². The van der Waals surface area contributed by atoms with E-state index in [1.807, 2.05) is 30.3 Å². The van der Waals surface area contributed by atoms with Gasteiger partial charge in [-0.15, -0.1) is 0 Å². The van der Waals surface area contributed by atoms with Crippen LogP contribution in [0.3, 0.4) is 0 Å². The minimum atomic E-state index is -0.411. The fraction of sp³-hybridized carbons (Fsp3) is 0.357. The van der Waals surface area contributed by atoms with Gasteiger partial charge in [-0.1, -0.05) is 35.5 Å². The van der Waals surface area contributed by atoms with Crippen molar-refractivity contribution in [2.75, 3.05) is 20.8 Å². The molecule has 0 bridgehead atoms. The number of hydrogen-bond acceptors (Lipinski definition) is 6. The molecule has 0 fully saturated rings. The number of carbonyl (C=O) groups is 1. The number of aromatic nitrogens is 2. The van der Waals surface area contributed by atoms with Gasteiger partial charge in [0.05, 0.1) is 6.42 Å². The molecule has 0 aliphatic rings. The Hall–Kier alpha value is -2.05. The second-order valence-electron chi connectivity index (χ2n) is 4.22. The Kier molecular flexibility index (Phi) is 4.97. The molecule has 1 heterocycles. The standard InChI is InChI=1S/C14H16N2O4/c1-18-9-11(17)8-12-15-14(16-20-12)13(19-2)10-6-4-3-5-7-10/h3-7,13H,8-9H2,1-2H3. The third-order valence-corrected chi connectivity index (χ3v) is 2.71. The van der Waals surface area contributed by atoms with E-state index in [1.165, 1.54) is 7.11 Å². The van der Waals surface area contributed by atoms with Crippen molar-refractivity contribution in [3.63, 3.8) is 0 Å². The monoisotopic (exact) mass is 276 g/mol. The van der Waals surface area contributed by atoms with Crippen molar-refractivity contribution in [1.29, 1.82) is 0 Å². The highest BCUT2D eigenvalue weighted by Crippen LogP contribution is 2.22. The zero-order chi connectivity index (χ0) is 14.4. The summed E-state index contributed by atoms with van der Waals surface area (Å²) < 4.78 is 15.2. The number of ether oxygens (including phenoxy) is 2. The van der Waals surface area contributed by atoms with Crippen LogP contribution in [0.5, 0.6) is 0 Å². The van der Waals surface area contributed by atoms with Crippen LogP contribution in [0.1, 0.15) is 23.4 Å². The Morgan fingerprint density at radius 1 is 1.30 bits per heavy atom. The molecule has 0 saturated carbocycles. The van der Waals surface area contributed by atoms with E-state index < -0.39 is 6.10 Å². The summed E-state index contributed by atoms with van der Waals surface area (Å²) in [4.78, 5) is 15.6. The topological polar surface area (TPSA) is 74.5 Å². The number of benzene rings is 1. The average Bonchev–Trinajstić information content (AvgIpc) is 2.89. The van der Waals surface area contributed by atoms with Crippen molar-refractivity contribution in [2.45, 2.75) is 12.5 Å². The Balaban J connectivity index is 2.12. The summed E-state index contributed by atoms with van der Waals surface area (Å²) in [7, 11) is 3.04. The molecule has 0 N–H and O–H groups in total. The van der Waals surface area contributed by atoms with Gasteiger partial charge in [-0.2, -0.15) is 4.98 Å². The van der Waals surface area contributed by atoms with Crippen LogP contribution in [0.15, 0.2) is 34.9 Å². The second-order valence-corrected chi connectivity index (χ2v) is 4.22. The van der Waals surface area contributed by atoms with Crippen molar-refractivity contribution < 1.29 is 18.8 Å².